The molecular weight excluding hydrogens is 266 g/mol. The van der Waals surface area contributed by atoms with Gasteiger partial charge < -0.3 is 4.90 Å². The van der Waals surface area contributed by atoms with E-state index >= 15 is 0 Å². The van der Waals surface area contributed by atoms with E-state index in [0.29, 0.717) is 0 Å². The fourth-order valence-corrected chi connectivity index (χ4v) is 3.50. The van der Waals surface area contributed by atoms with Crippen LogP contribution in [0.4, 0.5) is 0 Å². The van der Waals surface area contributed by atoms with Crippen LogP contribution in [0.1, 0.15) is 17.5 Å². The van der Waals surface area contributed by atoms with E-state index in [-0.39, 0.29) is 5.41 Å². The van der Waals surface area contributed by atoms with Gasteiger partial charge in [0.15, 0.2) is 0 Å². The molecule has 0 N–H and O–H groups in total. The van der Waals surface area contributed by atoms with Crippen LogP contribution < -0.4 is 0 Å². The minimum Gasteiger partial charge on any atom is -0.308 e. The highest BCUT2D eigenvalue weighted by molar-refractivity contribution is 5.52. The quantitative estimate of drug-likeness (QED) is 0.787. The first-order valence-corrected chi connectivity index (χ1v) is 7.85. The first-order chi connectivity index (χ1) is 10.7. The van der Waals surface area contributed by atoms with Crippen LogP contribution in [0.5, 0.6) is 0 Å². The second kappa shape index (κ2) is 6.33. The molecule has 0 aromatic heterocycles. The first-order valence-electron chi connectivity index (χ1n) is 7.85. The molecule has 3 rings (SSSR count). The van der Waals surface area contributed by atoms with Gasteiger partial charge in [-0.2, -0.15) is 0 Å². The third kappa shape index (κ3) is 2.65. The van der Waals surface area contributed by atoms with Gasteiger partial charge in [-0.05, 0) is 31.6 Å². The van der Waals surface area contributed by atoms with Gasteiger partial charge >= 0.3 is 0 Å². The lowest BCUT2D eigenvalue weighted by atomic mass is 9.68. The number of benzene rings is 2. The standard InChI is InChI=1S/C21H23N/c1-22(2)17-21(20-15-9-10-16-20,18-11-5-3-6-12-18)19-13-7-4-8-14-19/h3-15H,16-17H2,1-2H3. The molecule has 0 radical (unpaired) electrons. The fourth-order valence-electron chi connectivity index (χ4n) is 3.50. The van der Waals surface area contributed by atoms with Crippen LogP contribution in [0.15, 0.2) is 84.5 Å². The van der Waals surface area contributed by atoms with E-state index in [1.807, 2.05) is 0 Å². The van der Waals surface area contributed by atoms with Crippen LogP contribution in [0.25, 0.3) is 0 Å². The molecule has 22 heavy (non-hydrogen) atoms. The third-order valence-corrected chi connectivity index (χ3v) is 4.41. The summed E-state index contributed by atoms with van der Waals surface area (Å²) >= 11 is 0. The monoisotopic (exact) mass is 289 g/mol. The third-order valence-electron chi connectivity index (χ3n) is 4.41. The van der Waals surface area contributed by atoms with E-state index in [4.69, 9.17) is 0 Å². The Morgan fingerprint density at radius 3 is 1.82 bits per heavy atom. The number of hydrogen-bond donors (Lipinski definition) is 0. The molecule has 0 spiro atoms. The van der Waals surface area contributed by atoms with E-state index in [1.165, 1.54) is 16.7 Å². The Morgan fingerprint density at radius 1 is 0.864 bits per heavy atom. The molecule has 1 heteroatoms. The SMILES string of the molecule is CN(C)CC(C1=CC=CC1)(c1ccccc1)c1ccccc1. The lowest BCUT2D eigenvalue weighted by molar-refractivity contribution is 0.341. The molecule has 0 saturated heterocycles. The molecule has 1 aliphatic carbocycles. The summed E-state index contributed by atoms with van der Waals surface area (Å²) < 4.78 is 0. The van der Waals surface area contributed by atoms with Crippen molar-refractivity contribution in [1.29, 1.82) is 0 Å². The highest BCUT2D eigenvalue weighted by atomic mass is 15.1. The molecule has 0 bridgehead atoms. The van der Waals surface area contributed by atoms with Crippen molar-refractivity contribution in [3.05, 3.63) is 95.6 Å². The predicted molar refractivity (Wildman–Crippen MR) is 94.1 cm³/mol. The van der Waals surface area contributed by atoms with Crippen LogP contribution in [0.2, 0.25) is 0 Å². The van der Waals surface area contributed by atoms with Gasteiger partial charge in [0, 0.05) is 6.54 Å². The molecule has 2 aromatic carbocycles. The normalized spacial score (nSPS) is 14.4. The minimum absolute atomic E-state index is 0.0878. The Morgan fingerprint density at radius 2 is 1.41 bits per heavy atom. The molecular formula is C21H23N. The van der Waals surface area contributed by atoms with Crippen LogP contribution in [0.3, 0.4) is 0 Å². The van der Waals surface area contributed by atoms with Crippen molar-refractivity contribution in [3.8, 4) is 0 Å². The highest BCUT2D eigenvalue weighted by Gasteiger charge is 2.38. The maximum atomic E-state index is 2.30. The van der Waals surface area contributed by atoms with Crippen LogP contribution >= 0.6 is 0 Å². The molecule has 0 fully saturated rings. The van der Waals surface area contributed by atoms with Crippen molar-refractivity contribution >= 4 is 0 Å². The van der Waals surface area contributed by atoms with Gasteiger partial charge in [0.2, 0.25) is 0 Å². The van der Waals surface area contributed by atoms with Crippen LogP contribution in [-0.4, -0.2) is 25.5 Å². The average molecular weight is 289 g/mol. The first kappa shape index (κ1) is 14.8. The number of hydrogen-bond acceptors (Lipinski definition) is 1. The Bertz CT molecular complexity index is 626. The molecule has 112 valence electrons. The molecule has 0 atom stereocenters. The molecule has 0 saturated carbocycles. The summed E-state index contributed by atoms with van der Waals surface area (Å²) in [5.74, 6) is 0. The summed E-state index contributed by atoms with van der Waals surface area (Å²) in [5.41, 5.74) is 4.11. The zero-order valence-electron chi connectivity index (χ0n) is 13.4. The Hall–Kier alpha value is -2.12. The number of nitrogens with zero attached hydrogens (tertiary/aromatic N) is 1. The highest BCUT2D eigenvalue weighted by Crippen LogP contribution is 2.42. The van der Waals surface area contributed by atoms with Crippen LogP contribution in [0, 0.1) is 0 Å². The number of allylic oxidation sites excluding steroid dienone is 3. The van der Waals surface area contributed by atoms with Gasteiger partial charge in [-0.3, -0.25) is 0 Å². The maximum Gasteiger partial charge on any atom is 0.0543 e. The number of likely N-dealkylation sites (N-methyl/N-ethyl adjacent to an activating group) is 1. The van der Waals surface area contributed by atoms with Crippen molar-refractivity contribution < 1.29 is 0 Å². The summed E-state index contributed by atoms with van der Waals surface area (Å²) in [7, 11) is 4.31. The smallest absolute Gasteiger partial charge is 0.0543 e. The van der Waals surface area contributed by atoms with Gasteiger partial charge in [-0.1, -0.05) is 84.5 Å². The van der Waals surface area contributed by atoms with Crippen molar-refractivity contribution in [2.75, 3.05) is 20.6 Å². The van der Waals surface area contributed by atoms with Crippen molar-refractivity contribution in [2.24, 2.45) is 0 Å². The molecule has 2 aromatic rings. The summed E-state index contributed by atoms with van der Waals surface area (Å²) in [4.78, 5) is 2.29. The molecule has 1 aliphatic rings. The van der Waals surface area contributed by atoms with E-state index in [1.54, 1.807) is 0 Å². The second-order valence-electron chi connectivity index (χ2n) is 6.20. The van der Waals surface area contributed by atoms with Crippen LogP contribution in [-0.2, 0) is 5.41 Å². The lowest BCUT2D eigenvalue weighted by Crippen LogP contribution is -2.40. The Labute approximate surface area is 133 Å². The molecule has 0 aliphatic heterocycles. The predicted octanol–water partition coefficient (Wildman–Crippen LogP) is 4.42. The largest absolute Gasteiger partial charge is 0.308 e. The van der Waals surface area contributed by atoms with Gasteiger partial charge in [-0.15, -0.1) is 0 Å². The lowest BCUT2D eigenvalue weighted by Gasteiger charge is -2.39. The number of rotatable bonds is 5. The minimum atomic E-state index is -0.0878. The van der Waals surface area contributed by atoms with E-state index in [0.717, 1.165) is 13.0 Å². The molecule has 1 nitrogen and oxygen atoms in total. The van der Waals surface area contributed by atoms with E-state index < -0.39 is 0 Å². The molecule has 0 unspecified atom stereocenters. The second-order valence-corrected chi connectivity index (χ2v) is 6.20. The van der Waals surface area contributed by atoms with Crippen molar-refractivity contribution in [2.45, 2.75) is 11.8 Å². The zero-order valence-corrected chi connectivity index (χ0v) is 13.4. The van der Waals surface area contributed by atoms with E-state index in [9.17, 15) is 0 Å². The van der Waals surface area contributed by atoms with Crippen molar-refractivity contribution in [1.82, 2.24) is 4.90 Å². The van der Waals surface area contributed by atoms with Gasteiger partial charge in [0.25, 0.3) is 0 Å². The summed E-state index contributed by atoms with van der Waals surface area (Å²) in [6, 6.07) is 21.8. The molecule has 0 amide bonds. The topological polar surface area (TPSA) is 3.24 Å². The Balaban J connectivity index is 2.23. The zero-order chi connectivity index (χ0) is 15.4. The van der Waals surface area contributed by atoms with Gasteiger partial charge in [0.1, 0.15) is 0 Å². The van der Waals surface area contributed by atoms with Crippen molar-refractivity contribution in [3.63, 3.8) is 0 Å². The van der Waals surface area contributed by atoms with Gasteiger partial charge in [0.05, 0.1) is 5.41 Å². The summed E-state index contributed by atoms with van der Waals surface area (Å²) in [5, 5.41) is 0. The fraction of sp³-hybridized carbons (Fsp3) is 0.238. The maximum absolute atomic E-state index is 2.30. The van der Waals surface area contributed by atoms with E-state index in [2.05, 4.69) is 97.9 Å². The average Bonchev–Trinajstić information content (AvgIpc) is 3.09. The summed E-state index contributed by atoms with van der Waals surface area (Å²) in [6.45, 7) is 0.967. The van der Waals surface area contributed by atoms with Gasteiger partial charge in [-0.25, -0.2) is 0 Å². The molecule has 0 heterocycles. The summed E-state index contributed by atoms with van der Waals surface area (Å²) in [6.07, 6.45) is 7.76. The Kier molecular flexibility index (Phi) is 4.26.